The molecule has 2 N–H and O–H groups in total. The average Bonchev–Trinajstić information content (AvgIpc) is 2.57. The Labute approximate surface area is 139 Å². The Morgan fingerprint density at radius 2 is 1.21 bits per heavy atom. The normalized spacial score (nSPS) is 38.4. The standard InChI is InChI=1S/C16H22N2O6/c1-23-11-5-7(15(19)20)3-9-13(11)17-10-4-8(16(21)22)6-12(24-2)14(10)18-9/h7-12H,3-6H2,1-2H3,(H,19,20)(H,21,22). The van der Waals surface area contributed by atoms with Crippen molar-refractivity contribution in [3.05, 3.63) is 0 Å². The van der Waals surface area contributed by atoms with Gasteiger partial charge in [-0.15, -0.1) is 0 Å². The van der Waals surface area contributed by atoms with E-state index in [2.05, 4.69) is 0 Å². The summed E-state index contributed by atoms with van der Waals surface area (Å²) in [5, 5.41) is 18.7. The van der Waals surface area contributed by atoms with Crippen LogP contribution in [0.25, 0.3) is 0 Å². The molecule has 2 fully saturated rings. The van der Waals surface area contributed by atoms with E-state index in [4.69, 9.17) is 19.5 Å². The van der Waals surface area contributed by atoms with Gasteiger partial charge in [-0.3, -0.25) is 19.6 Å². The molecule has 1 heterocycles. The number of hydrogen-bond acceptors (Lipinski definition) is 6. The number of nitrogens with zero attached hydrogens (tertiary/aromatic N) is 2. The van der Waals surface area contributed by atoms with Crippen molar-refractivity contribution in [3.63, 3.8) is 0 Å². The molecule has 8 heteroatoms. The molecule has 0 aromatic heterocycles. The molecule has 2 aliphatic carbocycles. The predicted octanol–water partition coefficient (Wildman–Crippen LogP) is 0.638. The number of methoxy groups -OCH3 is 2. The van der Waals surface area contributed by atoms with E-state index in [9.17, 15) is 19.8 Å². The van der Waals surface area contributed by atoms with Gasteiger partial charge >= 0.3 is 11.9 Å². The Hall–Kier alpha value is -1.80. The number of aliphatic carboxylic acids is 2. The second-order valence-electron chi connectivity index (χ2n) is 6.60. The minimum Gasteiger partial charge on any atom is -0.481 e. The van der Waals surface area contributed by atoms with E-state index in [0.29, 0.717) is 25.7 Å². The first-order valence-corrected chi connectivity index (χ1v) is 8.11. The van der Waals surface area contributed by atoms with Crippen LogP contribution in [0.1, 0.15) is 25.7 Å². The molecule has 0 bridgehead atoms. The molecule has 0 saturated heterocycles. The second-order valence-corrected chi connectivity index (χ2v) is 6.60. The third kappa shape index (κ3) is 2.95. The molecule has 0 aromatic carbocycles. The maximum atomic E-state index is 11.4. The first-order chi connectivity index (χ1) is 11.4. The SMILES string of the molecule is COC1CC(C(=O)O)CC2N=C3C(CC(C(=O)O)CC3OC)N=C21. The molecule has 2 saturated carbocycles. The fourth-order valence-corrected chi connectivity index (χ4v) is 3.93. The van der Waals surface area contributed by atoms with Crippen molar-refractivity contribution in [2.24, 2.45) is 21.8 Å². The van der Waals surface area contributed by atoms with E-state index in [1.807, 2.05) is 0 Å². The van der Waals surface area contributed by atoms with Gasteiger partial charge in [-0.05, 0) is 25.7 Å². The molecule has 0 spiro atoms. The van der Waals surface area contributed by atoms with Gasteiger partial charge in [0.25, 0.3) is 0 Å². The quantitative estimate of drug-likeness (QED) is 0.776. The van der Waals surface area contributed by atoms with Gasteiger partial charge in [0.05, 0.1) is 47.6 Å². The van der Waals surface area contributed by atoms with E-state index in [1.165, 1.54) is 14.2 Å². The fraction of sp³-hybridized carbons (Fsp3) is 0.750. The number of aliphatic imine (C=N–C) groups is 2. The van der Waals surface area contributed by atoms with Crippen LogP contribution in [0.4, 0.5) is 0 Å². The van der Waals surface area contributed by atoms with Gasteiger partial charge < -0.3 is 19.7 Å². The molecular formula is C16H22N2O6. The van der Waals surface area contributed by atoms with Crippen molar-refractivity contribution < 1.29 is 29.3 Å². The largest absolute Gasteiger partial charge is 0.481 e. The first-order valence-electron chi connectivity index (χ1n) is 8.11. The van der Waals surface area contributed by atoms with E-state index in [-0.39, 0.29) is 24.3 Å². The van der Waals surface area contributed by atoms with Crippen LogP contribution in [-0.2, 0) is 19.1 Å². The van der Waals surface area contributed by atoms with Crippen LogP contribution in [0.2, 0.25) is 0 Å². The highest BCUT2D eigenvalue weighted by Crippen LogP contribution is 2.35. The molecule has 6 atom stereocenters. The molecule has 0 amide bonds. The van der Waals surface area contributed by atoms with Gasteiger partial charge in [0.2, 0.25) is 0 Å². The summed E-state index contributed by atoms with van der Waals surface area (Å²) in [6.07, 6.45) is 0.748. The zero-order valence-electron chi connectivity index (χ0n) is 13.7. The average molecular weight is 338 g/mol. The summed E-state index contributed by atoms with van der Waals surface area (Å²) in [5.74, 6) is -2.74. The van der Waals surface area contributed by atoms with Crippen molar-refractivity contribution in [2.75, 3.05) is 14.2 Å². The molecule has 132 valence electrons. The third-order valence-electron chi connectivity index (χ3n) is 5.23. The molecule has 0 radical (unpaired) electrons. The molecule has 24 heavy (non-hydrogen) atoms. The molecule has 1 aliphatic heterocycles. The molecule has 0 aromatic rings. The maximum Gasteiger partial charge on any atom is 0.306 e. The number of carboxylic acid groups (broad SMARTS) is 2. The highest BCUT2D eigenvalue weighted by Gasteiger charge is 2.45. The van der Waals surface area contributed by atoms with Crippen LogP contribution < -0.4 is 0 Å². The van der Waals surface area contributed by atoms with Gasteiger partial charge in [-0.2, -0.15) is 0 Å². The van der Waals surface area contributed by atoms with Crippen molar-refractivity contribution in [1.82, 2.24) is 0 Å². The summed E-state index contributed by atoms with van der Waals surface area (Å²) in [6, 6.07) is -0.648. The lowest BCUT2D eigenvalue weighted by atomic mass is 9.77. The number of carboxylic acids is 2. The zero-order chi connectivity index (χ0) is 17.4. The highest BCUT2D eigenvalue weighted by molar-refractivity contribution is 6.06. The van der Waals surface area contributed by atoms with Gasteiger partial charge in [-0.25, -0.2) is 0 Å². The number of ether oxygens (including phenoxy) is 2. The lowest BCUT2D eigenvalue weighted by Crippen LogP contribution is -2.51. The maximum absolute atomic E-state index is 11.4. The van der Waals surface area contributed by atoms with Gasteiger partial charge in [0.15, 0.2) is 0 Å². The van der Waals surface area contributed by atoms with Crippen LogP contribution in [0.3, 0.4) is 0 Å². The Kier molecular flexibility index (Phi) is 4.69. The van der Waals surface area contributed by atoms with E-state index in [1.54, 1.807) is 0 Å². The van der Waals surface area contributed by atoms with Crippen LogP contribution in [-0.4, -0.2) is 72.1 Å². The highest BCUT2D eigenvalue weighted by atomic mass is 16.5. The molecule has 6 unspecified atom stereocenters. The monoisotopic (exact) mass is 338 g/mol. The Morgan fingerprint density at radius 3 is 1.50 bits per heavy atom. The molecule has 8 nitrogen and oxygen atoms in total. The van der Waals surface area contributed by atoms with Gasteiger partial charge in [0.1, 0.15) is 0 Å². The van der Waals surface area contributed by atoms with Crippen LogP contribution in [0.5, 0.6) is 0 Å². The van der Waals surface area contributed by atoms with Crippen molar-refractivity contribution in [1.29, 1.82) is 0 Å². The lowest BCUT2D eigenvalue weighted by Gasteiger charge is -2.40. The summed E-state index contributed by atoms with van der Waals surface area (Å²) in [4.78, 5) is 32.2. The molecule has 3 rings (SSSR count). The summed E-state index contributed by atoms with van der Waals surface area (Å²) in [6.45, 7) is 0. The molecule has 3 aliphatic rings. The van der Waals surface area contributed by atoms with E-state index >= 15 is 0 Å². The Morgan fingerprint density at radius 1 is 0.833 bits per heavy atom. The topological polar surface area (TPSA) is 118 Å². The summed E-state index contributed by atoms with van der Waals surface area (Å²) in [7, 11) is 3.07. The number of carbonyl (C=O) groups is 2. The predicted molar refractivity (Wildman–Crippen MR) is 84.8 cm³/mol. The minimum absolute atomic E-state index is 0.324. The fourth-order valence-electron chi connectivity index (χ4n) is 3.93. The smallest absolute Gasteiger partial charge is 0.306 e. The first kappa shape index (κ1) is 17.0. The van der Waals surface area contributed by atoms with Crippen molar-refractivity contribution in [2.45, 2.75) is 50.0 Å². The van der Waals surface area contributed by atoms with Gasteiger partial charge in [-0.1, -0.05) is 0 Å². The minimum atomic E-state index is -0.851. The van der Waals surface area contributed by atoms with Gasteiger partial charge in [0, 0.05) is 14.2 Å². The second kappa shape index (κ2) is 6.60. The zero-order valence-corrected chi connectivity index (χ0v) is 13.7. The van der Waals surface area contributed by atoms with Crippen LogP contribution >= 0.6 is 0 Å². The Balaban J connectivity index is 1.91. The van der Waals surface area contributed by atoms with Crippen LogP contribution in [0, 0.1) is 11.8 Å². The van der Waals surface area contributed by atoms with Crippen LogP contribution in [0.15, 0.2) is 9.98 Å². The lowest BCUT2D eigenvalue weighted by molar-refractivity contribution is -0.144. The Bertz CT molecular complexity index is 549. The summed E-state index contributed by atoms with van der Waals surface area (Å²) >= 11 is 0. The third-order valence-corrected chi connectivity index (χ3v) is 5.23. The number of hydrogen-bond donors (Lipinski definition) is 2. The van der Waals surface area contributed by atoms with E-state index < -0.39 is 23.8 Å². The van der Waals surface area contributed by atoms with Crippen molar-refractivity contribution >= 4 is 23.4 Å². The van der Waals surface area contributed by atoms with Crippen molar-refractivity contribution in [3.8, 4) is 0 Å². The van der Waals surface area contributed by atoms with E-state index in [0.717, 1.165) is 11.4 Å². The number of fused-ring (bicyclic) bond motifs is 2. The number of rotatable bonds is 4. The molecular weight excluding hydrogens is 316 g/mol. The summed E-state index contributed by atoms with van der Waals surface area (Å²) in [5.41, 5.74) is 1.48. The summed E-state index contributed by atoms with van der Waals surface area (Å²) < 4.78 is 10.9.